The van der Waals surface area contributed by atoms with E-state index in [9.17, 15) is 4.79 Å². The predicted molar refractivity (Wildman–Crippen MR) is 54.8 cm³/mol. The van der Waals surface area contributed by atoms with E-state index in [1.54, 1.807) is 17.0 Å². The van der Waals surface area contributed by atoms with Gasteiger partial charge in [-0.15, -0.1) is 0 Å². The van der Waals surface area contributed by atoms with Gasteiger partial charge in [-0.1, -0.05) is 0 Å². The molecule has 1 unspecified atom stereocenters. The second kappa shape index (κ2) is 3.20. The number of nitrogens with zero attached hydrogens (tertiary/aromatic N) is 2. The summed E-state index contributed by atoms with van der Waals surface area (Å²) in [7, 11) is 0. The Morgan fingerprint density at radius 1 is 1.60 bits per heavy atom. The van der Waals surface area contributed by atoms with Gasteiger partial charge in [0.1, 0.15) is 0 Å². The summed E-state index contributed by atoms with van der Waals surface area (Å²) in [6.07, 6.45) is 4.26. The van der Waals surface area contributed by atoms with E-state index >= 15 is 0 Å². The van der Waals surface area contributed by atoms with Gasteiger partial charge in [-0.05, 0) is 12.5 Å². The molecule has 1 aliphatic rings. The number of imidazole rings is 1. The van der Waals surface area contributed by atoms with Crippen molar-refractivity contribution in [2.75, 3.05) is 13.2 Å². The quantitative estimate of drug-likeness (QED) is 0.745. The van der Waals surface area contributed by atoms with Crippen LogP contribution < -0.4 is 5.69 Å². The summed E-state index contributed by atoms with van der Waals surface area (Å²) in [6.45, 7) is 1.35. The maximum atomic E-state index is 11.7. The second-order valence-electron chi connectivity index (χ2n) is 3.71. The molecule has 5 heteroatoms. The van der Waals surface area contributed by atoms with Gasteiger partial charge in [-0.3, -0.25) is 9.55 Å². The first kappa shape index (κ1) is 8.67. The molecule has 78 valence electrons. The van der Waals surface area contributed by atoms with Gasteiger partial charge in [0, 0.05) is 12.8 Å². The number of rotatable bonds is 1. The highest BCUT2D eigenvalue weighted by Gasteiger charge is 2.21. The lowest BCUT2D eigenvalue weighted by molar-refractivity contribution is 0.186. The summed E-state index contributed by atoms with van der Waals surface area (Å²) >= 11 is 0. The van der Waals surface area contributed by atoms with E-state index in [1.165, 1.54) is 0 Å². The van der Waals surface area contributed by atoms with Crippen molar-refractivity contribution in [3.8, 4) is 0 Å². The molecule has 0 bridgehead atoms. The van der Waals surface area contributed by atoms with E-state index in [-0.39, 0.29) is 11.7 Å². The normalized spacial score (nSPS) is 21.2. The Hall–Kier alpha value is -1.62. The van der Waals surface area contributed by atoms with Crippen molar-refractivity contribution in [3.05, 3.63) is 28.9 Å². The molecular formula is C10H11N3O2. The van der Waals surface area contributed by atoms with Crippen molar-refractivity contribution in [1.82, 2.24) is 14.5 Å². The molecule has 1 aliphatic heterocycles. The monoisotopic (exact) mass is 205 g/mol. The highest BCUT2D eigenvalue weighted by Crippen LogP contribution is 2.21. The summed E-state index contributed by atoms with van der Waals surface area (Å²) in [5, 5.41) is 0. The van der Waals surface area contributed by atoms with Gasteiger partial charge in [0.25, 0.3) is 0 Å². The van der Waals surface area contributed by atoms with Crippen molar-refractivity contribution in [3.63, 3.8) is 0 Å². The third kappa shape index (κ3) is 1.27. The molecule has 1 N–H and O–H groups in total. The molecule has 0 aromatic carbocycles. The second-order valence-corrected chi connectivity index (χ2v) is 3.71. The fourth-order valence-corrected chi connectivity index (χ4v) is 2.07. The van der Waals surface area contributed by atoms with E-state index in [4.69, 9.17) is 4.74 Å². The molecule has 3 heterocycles. The minimum atomic E-state index is -0.0755. The Kier molecular flexibility index (Phi) is 1.85. The van der Waals surface area contributed by atoms with Gasteiger partial charge < -0.3 is 9.72 Å². The minimum absolute atomic E-state index is 0.0755. The van der Waals surface area contributed by atoms with Gasteiger partial charge in [0.2, 0.25) is 0 Å². The zero-order chi connectivity index (χ0) is 10.3. The molecule has 0 amide bonds. The van der Waals surface area contributed by atoms with E-state index < -0.39 is 0 Å². The Labute approximate surface area is 85.7 Å². The van der Waals surface area contributed by atoms with Crippen LogP contribution in [0.25, 0.3) is 11.0 Å². The van der Waals surface area contributed by atoms with Crippen LogP contribution in [0.5, 0.6) is 0 Å². The number of hydrogen-bond donors (Lipinski definition) is 1. The van der Waals surface area contributed by atoms with Crippen LogP contribution in [0.4, 0.5) is 0 Å². The molecule has 0 saturated carbocycles. The van der Waals surface area contributed by atoms with Crippen LogP contribution in [0.1, 0.15) is 12.5 Å². The van der Waals surface area contributed by atoms with Gasteiger partial charge in [0.05, 0.1) is 29.9 Å². The van der Waals surface area contributed by atoms with Crippen LogP contribution in [-0.4, -0.2) is 27.7 Å². The largest absolute Gasteiger partial charge is 0.379 e. The van der Waals surface area contributed by atoms with E-state index in [0.29, 0.717) is 6.61 Å². The summed E-state index contributed by atoms with van der Waals surface area (Å²) in [5.41, 5.74) is 1.62. The molecular weight excluding hydrogens is 194 g/mol. The summed E-state index contributed by atoms with van der Waals surface area (Å²) in [4.78, 5) is 18.5. The zero-order valence-electron chi connectivity index (χ0n) is 8.14. The van der Waals surface area contributed by atoms with Crippen molar-refractivity contribution in [2.45, 2.75) is 12.5 Å². The molecule has 2 aromatic heterocycles. The SMILES string of the molecule is O=c1[nH]c2cnccc2n1C1CCOC1. The minimum Gasteiger partial charge on any atom is -0.379 e. The first-order chi connectivity index (χ1) is 7.36. The average Bonchev–Trinajstić information content (AvgIpc) is 2.82. The molecule has 2 aromatic rings. The number of nitrogens with one attached hydrogen (secondary N) is 1. The standard InChI is InChI=1S/C10H11N3O2/c14-10-12-8-5-11-3-1-9(8)13(10)7-2-4-15-6-7/h1,3,5,7H,2,4,6H2,(H,12,14). The molecule has 1 saturated heterocycles. The zero-order valence-corrected chi connectivity index (χ0v) is 8.14. The molecule has 1 atom stereocenters. The first-order valence-electron chi connectivity index (χ1n) is 4.98. The third-order valence-electron chi connectivity index (χ3n) is 2.79. The molecule has 15 heavy (non-hydrogen) atoms. The maximum absolute atomic E-state index is 11.7. The average molecular weight is 205 g/mol. The maximum Gasteiger partial charge on any atom is 0.326 e. The number of pyridine rings is 1. The van der Waals surface area contributed by atoms with Gasteiger partial charge in [-0.2, -0.15) is 0 Å². The predicted octanol–water partition coefficient (Wildman–Crippen LogP) is 0.686. The van der Waals surface area contributed by atoms with Crippen LogP contribution in [0.15, 0.2) is 23.3 Å². The molecule has 0 spiro atoms. The number of ether oxygens (including phenoxy) is 1. The van der Waals surface area contributed by atoms with Crippen LogP contribution >= 0.6 is 0 Å². The number of H-pyrrole nitrogens is 1. The van der Waals surface area contributed by atoms with E-state index in [1.807, 2.05) is 6.07 Å². The highest BCUT2D eigenvalue weighted by molar-refractivity contribution is 5.73. The van der Waals surface area contributed by atoms with Crippen molar-refractivity contribution < 1.29 is 4.74 Å². The molecule has 0 radical (unpaired) electrons. The smallest absolute Gasteiger partial charge is 0.326 e. The van der Waals surface area contributed by atoms with Gasteiger partial charge in [-0.25, -0.2) is 4.79 Å². The third-order valence-corrected chi connectivity index (χ3v) is 2.79. The number of aromatic amines is 1. The van der Waals surface area contributed by atoms with Crippen molar-refractivity contribution in [1.29, 1.82) is 0 Å². The molecule has 0 aliphatic carbocycles. The van der Waals surface area contributed by atoms with E-state index in [0.717, 1.165) is 24.1 Å². The van der Waals surface area contributed by atoms with Crippen LogP contribution in [0, 0.1) is 0 Å². The molecule has 3 rings (SSSR count). The number of aromatic nitrogens is 3. The summed E-state index contributed by atoms with van der Waals surface area (Å²) in [5.74, 6) is 0. The van der Waals surface area contributed by atoms with Gasteiger partial charge >= 0.3 is 5.69 Å². The van der Waals surface area contributed by atoms with Crippen LogP contribution in [0.2, 0.25) is 0 Å². The van der Waals surface area contributed by atoms with Crippen molar-refractivity contribution >= 4 is 11.0 Å². The fourth-order valence-electron chi connectivity index (χ4n) is 2.07. The highest BCUT2D eigenvalue weighted by atomic mass is 16.5. The Morgan fingerprint density at radius 3 is 3.33 bits per heavy atom. The summed E-state index contributed by atoms with van der Waals surface area (Å²) < 4.78 is 7.06. The van der Waals surface area contributed by atoms with Crippen LogP contribution in [0.3, 0.4) is 0 Å². The van der Waals surface area contributed by atoms with E-state index in [2.05, 4.69) is 9.97 Å². The fraction of sp³-hybridized carbons (Fsp3) is 0.400. The lowest BCUT2D eigenvalue weighted by Gasteiger charge is -2.08. The van der Waals surface area contributed by atoms with Crippen LogP contribution in [-0.2, 0) is 4.74 Å². The Morgan fingerprint density at radius 2 is 2.53 bits per heavy atom. The lowest BCUT2D eigenvalue weighted by atomic mass is 10.2. The lowest BCUT2D eigenvalue weighted by Crippen LogP contribution is -2.22. The molecule has 1 fully saturated rings. The number of fused-ring (bicyclic) bond motifs is 1. The van der Waals surface area contributed by atoms with Crippen molar-refractivity contribution in [2.24, 2.45) is 0 Å². The topological polar surface area (TPSA) is 59.9 Å². The summed E-state index contributed by atoms with van der Waals surface area (Å²) in [6, 6.07) is 2.01. The Bertz CT molecular complexity index is 537. The number of hydrogen-bond acceptors (Lipinski definition) is 3. The Balaban J connectivity index is 2.23. The van der Waals surface area contributed by atoms with Gasteiger partial charge in [0.15, 0.2) is 0 Å². The first-order valence-corrected chi connectivity index (χ1v) is 4.98. The molecule has 5 nitrogen and oxygen atoms in total.